The van der Waals surface area contributed by atoms with E-state index in [9.17, 15) is 4.79 Å². The molecule has 1 fully saturated rings. The zero-order chi connectivity index (χ0) is 18.2. The quantitative estimate of drug-likeness (QED) is 0.548. The summed E-state index contributed by atoms with van der Waals surface area (Å²) in [5.74, 6) is 0.716. The van der Waals surface area contributed by atoms with Gasteiger partial charge in [-0.3, -0.25) is 9.48 Å². The van der Waals surface area contributed by atoms with Crippen LogP contribution >= 0.6 is 11.3 Å². The van der Waals surface area contributed by atoms with E-state index in [1.54, 1.807) is 11.3 Å². The highest BCUT2D eigenvalue weighted by molar-refractivity contribution is 7.07. The molecule has 0 aromatic carbocycles. The van der Waals surface area contributed by atoms with Gasteiger partial charge in [0, 0.05) is 25.5 Å². The molecule has 6 heteroatoms. The zero-order valence-corrected chi connectivity index (χ0v) is 15.7. The van der Waals surface area contributed by atoms with Crippen molar-refractivity contribution in [3.8, 4) is 11.4 Å². The van der Waals surface area contributed by atoms with E-state index in [1.165, 1.54) is 12.8 Å². The summed E-state index contributed by atoms with van der Waals surface area (Å²) >= 11 is 1.64. The Hall–Kier alpha value is -2.86. The van der Waals surface area contributed by atoms with Crippen LogP contribution in [0.3, 0.4) is 0 Å². The highest BCUT2D eigenvalue weighted by atomic mass is 32.1. The monoisotopic (exact) mass is 376 g/mol. The predicted molar refractivity (Wildman–Crippen MR) is 107 cm³/mol. The number of nitrogens with zero attached hydrogens (tertiary/aromatic N) is 3. The molecule has 27 heavy (non-hydrogen) atoms. The number of hydrogen-bond donors (Lipinski definition) is 1. The fourth-order valence-electron chi connectivity index (χ4n) is 3.37. The van der Waals surface area contributed by atoms with E-state index in [4.69, 9.17) is 5.10 Å². The maximum Gasteiger partial charge on any atom is 0.253 e. The van der Waals surface area contributed by atoms with Gasteiger partial charge in [0.2, 0.25) is 0 Å². The molecule has 136 valence electrons. The number of amides is 1. The largest absolute Gasteiger partial charge is 0.348 e. The van der Waals surface area contributed by atoms with Crippen LogP contribution in [0.15, 0.2) is 59.6 Å². The number of carbonyl (C=O) groups excluding carboxylic acids is 1. The Kier molecular flexibility index (Phi) is 4.05. The van der Waals surface area contributed by atoms with Crippen molar-refractivity contribution < 1.29 is 4.79 Å². The summed E-state index contributed by atoms with van der Waals surface area (Å²) in [6, 6.07) is 11.9. The normalized spacial score (nSPS) is 13.9. The van der Waals surface area contributed by atoms with Crippen LogP contribution in [0, 0.1) is 5.92 Å². The van der Waals surface area contributed by atoms with Crippen LogP contribution in [0.5, 0.6) is 0 Å². The zero-order valence-electron chi connectivity index (χ0n) is 14.8. The molecule has 1 amide bonds. The number of aromatic nitrogens is 3. The van der Waals surface area contributed by atoms with Crippen molar-refractivity contribution in [1.82, 2.24) is 19.5 Å². The lowest BCUT2D eigenvalue weighted by Crippen LogP contribution is -2.22. The minimum Gasteiger partial charge on any atom is -0.348 e. The standard InChI is InChI=1S/C21H20N4OS/c26-21(22-12-16-7-10-27-14-16)17-11-20(25-8-2-1-3-19(17)25)18-6-9-24(23-18)13-15-4-5-15/h1-3,6-11,14-15H,4-5,12-13H2,(H,22,26). The van der Waals surface area contributed by atoms with E-state index in [2.05, 4.69) is 10.7 Å². The first-order valence-electron chi connectivity index (χ1n) is 9.21. The van der Waals surface area contributed by atoms with Gasteiger partial charge in [0.15, 0.2) is 0 Å². The average Bonchev–Trinajstić information content (AvgIpc) is 3.09. The van der Waals surface area contributed by atoms with Gasteiger partial charge in [-0.25, -0.2) is 0 Å². The van der Waals surface area contributed by atoms with Crippen molar-refractivity contribution >= 4 is 22.8 Å². The van der Waals surface area contributed by atoms with Crippen LogP contribution in [0.2, 0.25) is 0 Å². The minimum atomic E-state index is -0.0615. The van der Waals surface area contributed by atoms with Crippen LogP contribution in [0.25, 0.3) is 16.9 Å². The summed E-state index contributed by atoms with van der Waals surface area (Å²) in [4.78, 5) is 12.8. The van der Waals surface area contributed by atoms with Gasteiger partial charge in [0.1, 0.15) is 5.69 Å². The van der Waals surface area contributed by atoms with Gasteiger partial charge in [0.05, 0.1) is 16.8 Å². The molecule has 1 aliphatic carbocycles. The van der Waals surface area contributed by atoms with Crippen LogP contribution in [-0.4, -0.2) is 20.1 Å². The summed E-state index contributed by atoms with van der Waals surface area (Å²) in [5, 5.41) is 11.8. The molecule has 1 saturated carbocycles. The smallest absolute Gasteiger partial charge is 0.253 e. The van der Waals surface area contributed by atoms with Crippen LogP contribution in [-0.2, 0) is 13.1 Å². The molecule has 1 N–H and O–H groups in total. The second kappa shape index (κ2) is 6.70. The Bertz CT molecular complexity index is 1090. The third-order valence-electron chi connectivity index (χ3n) is 5.00. The molecule has 5 rings (SSSR count). The van der Waals surface area contributed by atoms with Gasteiger partial charge in [-0.2, -0.15) is 16.4 Å². The molecule has 1 aliphatic rings. The maximum absolute atomic E-state index is 12.8. The minimum absolute atomic E-state index is 0.0615. The van der Waals surface area contributed by atoms with E-state index in [0.29, 0.717) is 12.1 Å². The number of pyridine rings is 1. The van der Waals surface area contributed by atoms with Gasteiger partial charge in [0.25, 0.3) is 5.91 Å². The van der Waals surface area contributed by atoms with Gasteiger partial charge in [-0.05, 0) is 65.4 Å². The van der Waals surface area contributed by atoms with E-state index in [-0.39, 0.29) is 5.91 Å². The second-order valence-corrected chi connectivity index (χ2v) is 7.86. The number of rotatable bonds is 6. The number of nitrogens with one attached hydrogen (secondary N) is 1. The molecular formula is C21H20N4OS. The maximum atomic E-state index is 12.8. The van der Waals surface area contributed by atoms with Gasteiger partial charge >= 0.3 is 0 Å². The lowest BCUT2D eigenvalue weighted by atomic mass is 10.2. The van der Waals surface area contributed by atoms with E-state index < -0.39 is 0 Å². The highest BCUT2D eigenvalue weighted by Crippen LogP contribution is 2.31. The topological polar surface area (TPSA) is 51.3 Å². The first-order valence-corrected chi connectivity index (χ1v) is 10.2. The molecule has 0 radical (unpaired) electrons. The summed E-state index contributed by atoms with van der Waals surface area (Å²) in [7, 11) is 0. The van der Waals surface area contributed by atoms with Gasteiger partial charge in [-0.15, -0.1) is 0 Å². The molecule has 5 nitrogen and oxygen atoms in total. The van der Waals surface area contributed by atoms with Crippen molar-refractivity contribution in [1.29, 1.82) is 0 Å². The Labute approximate surface area is 161 Å². The molecule has 0 atom stereocenters. The Morgan fingerprint density at radius 1 is 1.22 bits per heavy atom. The molecule has 0 spiro atoms. The van der Waals surface area contributed by atoms with E-state index in [1.807, 2.05) is 63.3 Å². The first kappa shape index (κ1) is 16.3. The SMILES string of the molecule is O=C(NCc1ccsc1)c1cc(-c2ccn(CC3CC3)n2)n2ccccc12. The molecule has 0 bridgehead atoms. The fraction of sp³-hybridized carbons (Fsp3) is 0.238. The summed E-state index contributed by atoms with van der Waals surface area (Å²) in [6.45, 7) is 1.52. The van der Waals surface area contributed by atoms with Crippen molar-refractivity contribution in [2.45, 2.75) is 25.9 Å². The average molecular weight is 376 g/mol. The van der Waals surface area contributed by atoms with Crippen molar-refractivity contribution in [2.75, 3.05) is 0 Å². The molecule has 0 unspecified atom stereocenters. The number of fused-ring (bicyclic) bond motifs is 1. The van der Waals surface area contributed by atoms with E-state index >= 15 is 0 Å². The third kappa shape index (κ3) is 3.28. The lowest BCUT2D eigenvalue weighted by molar-refractivity contribution is 0.0952. The molecule has 0 aliphatic heterocycles. The third-order valence-corrected chi connectivity index (χ3v) is 5.73. The fourth-order valence-corrected chi connectivity index (χ4v) is 4.04. The Morgan fingerprint density at radius 3 is 2.96 bits per heavy atom. The first-order chi connectivity index (χ1) is 13.3. The Balaban J connectivity index is 1.46. The van der Waals surface area contributed by atoms with E-state index in [0.717, 1.165) is 34.9 Å². The second-order valence-electron chi connectivity index (χ2n) is 7.08. The lowest BCUT2D eigenvalue weighted by Gasteiger charge is -2.03. The van der Waals surface area contributed by atoms with Crippen LogP contribution in [0.4, 0.5) is 0 Å². The Morgan fingerprint density at radius 2 is 2.15 bits per heavy atom. The summed E-state index contributed by atoms with van der Waals surface area (Å²) < 4.78 is 4.06. The van der Waals surface area contributed by atoms with Crippen molar-refractivity contribution in [3.63, 3.8) is 0 Å². The van der Waals surface area contributed by atoms with Crippen LogP contribution in [0.1, 0.15) is 28.8 Å². The number of carbonyl (C=O) groups is 1. The summed E-state index contributed by atoms with van der Waals surface area (Å²) in [6.07, 6.45) is 6.63. The number of hydrogen-bond acceptors (Lipinski definition) is 3. The molecule has 4 aromatic heterocycles. The van der Waals surface area contributed by atoms with Crippen molar-refractivity contribution in [2.24, 2.45) is 5.92 Å². The molecule has 4 heterocycles. The molecule has 0 saturated heterocycles. The molecule has 4 aromatic rings. The number of thiophene rings is 1. The van der Waals surface area contributed by atoms with Gasteiger partial charge < -0.3 is 9.72 Å². The van der Waals surface area contributed by atoms with Gasteiger partial charge in [-0.1, -0.05) is 6.07 Å². The molecular weight excluding hydrogens is 356 g/mol. The van der Waals surface area contributed by atoms with Crippen LogP contribution < -0.4 is 5.32 Å². The summed E-state index contributed by atoms with van der Waals surface area (Å²) in [5.41, 5.74) is 4.54. The highest BCUT2D eigenvalue weighted by Gasteiger charge is 2.23. The van der Waals surface area contributed by atoms with Crippen molar-refractivity contribution in [3.05, 3.63) is 70.7 Å². The predicted octanol–water partition coefficient (Wildman–Crippen LogP) is 4.20.